The van der Waals surface area contributed by atoms with Crippen LogP contribution >= 0.6 is 0 Å². The summed E-state index contributed by atoms with van der Waals surface area (Å²) in [5.74, 6) is 2.02. The fraction of sp³-hybridized carbons (Fsp3) is 0.542. The third-order valence-corrected chi connectivity index (χ3v) is 7.36. The first-order chi connectivity index (χ1) is 14.6. The Morgan fingerprint density at radius 1 is 1.17 bits per heavy atom. The molecule has 0 radical (unpaired) electrons. The number of rotatable bonds is 5. The van der Waals surface area contributed by atoms with Crippen LogP contribution in [0.15, 0.2) is 30.6 Å². The molecule has 0 aromatic carbocycles. The molecule has 30 heavy (non-hydrogen) atoms. The highest BCUT2D eigenvalue weighted by Gasteiger charge is 2.41. The molecule has 6 nitrogen and oxygen atoms in total. The molecule has 1 aliphatic heterocycles. The maximum Gasteiger partial charge on any atom is 0.187 e. The van der Waals surface area contributed by atoms with Crippen LogP contribution in [0.1, 0.15) is 66.2 Å². The average Bonchev–Trinajstić information content (AvgIpc) is 3.38. The van der Waals surface area contributed by atoms with Crippen LogP contribution in [0.5, 0.6) is 0 Å². The number of anilines is 2. The number of carbonyl (C=O) groups excluding carboxylic acids is 1. The van der Waals surface area contributed by atoms with Crippen molar-refractivity contribution in [3.05, 3.63) is 47.5 Å². The number of hydrogen-bond acceptors (Lipinski definition) is 6. The molecule has 2 aromatic heterocycles. The minimum atomic E-state index is -0.0342. The van der Waals surface area contributed by atoms with Gasteiger partial charge in [-0.2, -0.15) is 0 Å². The van der Waals surface area contributed by atoms with E-state index in [-0.39, 0.29) is 18.2 Å². The minimum absolute atomic E-state index is 0.0342. The molecule has 3 aliphatic rings. The van der Waals surface area contributed by atoms with Gasteiger partial charge in [-0.3, -0.25) is 9.78 Å². The fourth-order valence-corrected chi connectivity index (χ4v) is 5.87. The Bertz CT molecular complexity index is 945. The van der Waals surface area contributed by atoms with Gasteiger partial charge in [0.25, 0.3) is 0 Å². The third-order valence-electron chi connectivity index (χ3n) is 7.36. The number of nitrogens with zero attached hydrogens (tertiary/aromatic N) is 3. The highest BCUT2D eigenvalue weighted by Crippen LogP contribution is 2.52. The van der Waals surface area contributed by atoms with Crippen molar-refractivity contribution in [3.63, 3.8) is 0 Å². The first-order valence-corrected chi connectivity index (χ1v) is 11.3. The van der Waals surface area contributed by atoms with Crippen LogP contribution in [0.3, 0.4) is 0 Å². The Morgan fingerprint density at radius 2 is 2.07 bits per heavy atom. The molecule has 1 saturated heterocycles. The Balaban J connectivity index is 1.38. The summed E-state index contributed by atoms with van der Waals surface area (Å²) < 4.78 is 0. The van der Waals surface area contributed by atoms with Gasteiger partial charge in [0.1, 0.15) is 5.69 Å². The second kappa shape index (κ2) is 7.99. The molecule has 5 rings (SSSR count). The van der Waals surface area contributed by atoms with E-state index in [9.17, 15) is 4.79 Å². The molecule has 0 amide bonds. The molecule has 2 aliphatic carbocycles. The average molecular weight is 406 g/mol. The molecule has 6 heteroatoms. The summed E-state index contributed by atoms with van der Waals surface area (Å²) in [7, 11) is 0. The van der Waals surface area contributed by atoms with E-state index in [1.165, 1.54) is 25.7 Å². The third kappa shape index (κ3) is 3.69. The monoisotopic (exact) mass is 405 g/mol. The van der Waals surface area contributed by atoms with Crippen LogP contribution < -0.4 is 16.4 Å². The van der Waals surface area contributed by atoms with Crippen LogP contribution in [-0.4, -0.2) is 34.9 Å². The predicted molar refractivity (Wildman–Crippen MR) is 119 cm³/mol. The molecular weight excluding hydrogens is 374 g/mol. The molecule has 2 saturated carbocycles. The lowest BCUT2D eigenvalue weighted by atomic mass is 9.86. The molecule has 3 unspecified atom stereocenters. The van der Waals surface area contributed by atoms with Crippen molar-refractivity contribution in [1.29, 1.82) is 0 Å². The van der Waals surface area contributed by atoms with Crippen molar-refractivity contribution in [2.45, 2.75) is 56.9 Å². The second-order valence-corrected chi connectivity index (χ2v) is 9.41. The van der Waals surface area contributed by atoms with E-state index in [0.29, 0.717) is 17.3 Å². The van der Waals surface area contributed by atoms with Gasteiger partial charge in [0, 0.05) is 60.8 Å². The summed E-state index contributed by atoms with van der Waals surface area (Å²) in [6.07, 6.45) is 11.1. The zero-order valence-corrected chi connectivity index (χ0v) is 17.5. The van der Waals surface area contributed by atoms with Gasteiger partial charge in [-0.15, -0.1) is 0 Å². The number of ketones is 1. The zero-order chi connectivity index (χ0) is 20.7. The van der Waals surface area contributed by atoms with E-state index in [2.05, 4.69) is 9.88 Å². The Kier molecular flexibility index (Phi) is 5.19. The molecule has 2 bridgehead atoms. The van der Waals surface area contributed by atoms with Gasteiger partial charge in [-0.25, -0.2) is 4.98 Å². The number of pyridine rings is 2. The summed E-state index contributed by atoms with van der Waals surface area (Å²) in [5, 5.41) is 0. The highest BCUT2D eigenvalue weighted by molar-refractivity contribution is 6.00. The summed E-state index contributed by atoms with van der Waals surface area (Å²) >= 11 is 0. The maximum absolute atomic E-state index is 13.2. The second-order valence-electron chi connectivity index (χ2n) is 9.41. The van der Waals surface area contributed by atoms with E-state index in [1.807, 2.05) is 18.2 Å². The molecule has 4 atom stereocenters. The maximum atomic E-state index is 13.2. The van der Waals surface area contributed by atoms with Crippen molar-refractivity contribution in [3.8, 4) is 0 Å². The molecule has 4 N–H and O–H groups in total. The van der Waals surface area contributed by atoms with Crippen molar-refractivity contribution >= 4 is 17.2 Å². The number of piperidine rings is 1. The number of nitrogens with two attached hydrogens (primary N) is 2. The first kappa shape index (κ1) is 19.5. The van der Waals surface area contributed by atoms with Gasteiger partial charge in [0.2, 0.25) is 0 Å². The topological polar surface area (TPSA) is 98.1 Å². The minimum Gasteiger partial charge on any atom is -0.397 e. The molecular formula is C24H31N5O. The van der Waals surface area contributed by atoms with Crippen LogP contribution in [0.25, 0.3) is 0 Å². The lowest BCUT2D eigenvalue weighted by molar-refractivity contribution is 0.0988. The molecule has 0 spiro atoms. The van der Waals surface area contributed by atoms with E-state index in [1.54, 1.807) is 12.4 Å². The summed E-state index contributed by atoms with van der Waals surface area (Å²) in [5.41, 5.74) is 16.3. The van der Waals surface area contributed by atoms with Crippen molar-refractivity contribution in [2.24, 2.45) is 17.6 Å². The largest absolute Gasteiger partial charge is 0.397 e. The predicted octanol–water partition coefficient (Wildman–Crippen LogP) is 3.32. The number of aromatic nitrogens is 2. The fourth-order valence-electron chi connectivity index (χ4n) is 5.87. The number of fused-ring (bicyclic) bond motifs is 2. The van der Waals surface area contributed by atoms with Gasteiger partial charge >= 0.3 is 0 Å². The van der Waals surface area contributed by atoms with E-state index < -0.39 is 0 Å². The lowest BCUT2D eigenvalue weighted by Gasteiger charge is -2.33. The van der Waals surface area contributed by atoms with Crippen LogP contribution in [0.2, 0.25) is 0 Å². The Morgan fingerprint density at radius 3 is 2.83 bits per heavy atom. The van der Waals surface area contributed by atoms with Crippen molar-refractivity contribution < 1.29 is 4.79 Å². The highest BCUT2D eigenvalue weighted by atomic mass is 16.1. The SMILES string of the molecule is Nc1ccc(C2CC3CCC2C3)nc1C(=O)Cc1cnccc1N1CCC[C@H](N)C1. The van der Waals surface area contributed by atoms with Gasteiger partial charge in [0.15, 0.2) is 5.78 Å². The standard InChI is InChI=1S/C24H31N5O/c25-18-2-1-9-29(14-18)22-7-8-27-13-17(22)12-23(30)24-20(26)5-6-21(28-24)19-11-15-3-4-16(19)10-15/h5-8,13,15-16,18-19H,1-4,9-12,14,25-26H2/t15?,16?,18-,19?/m0/s1. The zero-order valence-electron chi connectivity index (χ0n) is 17.5. The van der Waals surface area contributed by atoms with Gasteiger partial charge in [0.05, 0.1) is 5.69 Å². The molecule has 2 aromatic rings. The number of nitrogen functional groups attached to an aromatic ring is 1. The summed E-state index contributed by atoms with van der Waals surface area (Å²) in [6, 6.07) is 6.06. The van der Waals surface area contributed by atoms with Gasteiger partial charge in [-0.05, 0) is 62.1 Å². The van der Waals surface area contributed by atoms with Crippen LogP contribution in [0, 0.1) is 11.8 Å². The van der Waals surface area contributed by atoms with E-state index in [4.69, 9.17) is 16.5 Å². The normalized spacial score (nSPS) is 28.1. The smallest absolute Gasteiger partial charge is 0.187 e. The number of hydrogen-bond donors (Lipinski definition) is 2. The van der Waals surface area contributed by atoms with Crippen LogP contribution in [-0.2, 0) is 6.42 Å². The van der Waals surface area contributed by atoms with E-state index >= 15 is 0 Å². The number of carbonyl (C=O) groups is 1. The van der Waals surface area contributed by atoms with Gasteiger partial charge < -0.3 is 16.4 Å². The van der Waals surface area contributed by atoms with E-state index in [0.717, 1.165) is 54.7 Å². The van der Waals surface area contributed by atoms with Crippen molar-refractivity contribution in [2.75, 3.05) is 23.7 Å². The van der Waals surface area contributed by atoms with Gasteiger partial charge in [-0.1, -0.05) is 6.42 Å². The first-order valence-electron chi connectivity index (χ1n) is 11.3. The molecule has 3 fully saturated rings. The lowest BCUT2D eigenvalue weighted by Crippen LogP contribution is -2.43. The molecule has 158 valence electrons. The quantitative estimate of drug-likeness (QED) is 0.741. The Hall–Kier alpha value is -2.47. The summed E-state index contributed by atoms with van der Waals surface area (Å²) in [6.45, 7) is 1.77. The van der Waals surface area contributed by atoms with Crippen molar-refractivity contribution in [1.82, 2.24) is 9.97 Å². The number of Topliss-reactive ketones (excluding diaryl/α,β-unsaturated/α-hetero) is 1. The Labute approximate surface area is 178 Å². The summed E-state index contributed by atoms with van der Waals surface area (Å²) in [4.78, 5) is 24.6. The van der Waals surface area contributed by atoms with Crippen LogP contribution in [0.4, 0.5) is 11.4 Å². The molecule has 3 heterocycles.